The van der Waals surface area contributed by atoms with Crippen molar-refractivity contribution in [3.63, 3.8) is 0 Å². The first kappa shape index (κ1) is 15.5. The number of amides is 1. The van der Waals surface area contributed by atoms with Gasteiger partial charge in [-0.15, -0.1) is 0 Å². The molecule has 0 aliphatic carbocycles. The van der Waals surface area contributed by atoms with Gasteiger partial charge in [-0.1, -0.05) is 60.7 Å². The van der Waals surface area contributed by atoms with Gasteiger partial charge in [0.25, 0.3) is 0 Å². The van der Waals surface area contributed by atoms with Gasteiger partial charge in [0.15, 0.2) is 0 Å². The van der Waals surface area contributed by atoms with Crippen molar-refractivity contribution in [1.82, 2.24) is 15.2 Å². The maximum absolute atomic E-state index is 11.9. The highest BCUT2D eigenvalue weighted by molar-refractivity contribution is 5.80. The van der Waals surface area contributed by atoms with Gasteiger partial charge in [0.2, 0.25) is 5.91 Å². The van der Waals surface area contributed by atoms with Gasteiger partial charge in [0.1, 0.15) is 6.17 Å². The molecular formula is C21H19N3O. The second-order valence-corrected chi connectivity index (χ2v) is 6.19. The molecule has 1 amide bonds. The summed E-state index contributed by atoms with van der Waals surface area (Å²) in [5.41, 5.74) is 4.45. The van der Waals surface area contributed by atoms with E-state index in [-0.39, 0.29) is 12.1 Å². The van der Waals surface area contributed by atoms with Crippen LogP contribution < -0.4 is 5.32 Å². The van der Waals surface area contributed by atoms with Gasteiger partial charge in [0.05, 0.1) is 12.2 Å². The van der Waals surface area contributed by atoms with Crippen molar-refractivity contribution in [2.45, 2.75) is 12.7 Å². The highest BCUT2D eigenvalue weighted by Crippen LogP contribution is 2.24. The predicted octanol–water partition coefficient (Wildman–Crippen LogP) is 3.38. The molecule has 1 atom stereocenters. The van der Waals surface area contributed by atoms with Crippen LogP contribution in [0.3, 0.4) is 0 Å². The number of benzene rings is 2. The summed E-state index contributed by atoms with van der Waals surface area (Å²) in [6.07, 6.45) is 1.59. The van der Waals surface area contributed by atoms with Gasteiger partial charge in [-0.25, -0.2) is 0 Å². The molecule has 4 heteroatoms. The second-order valence-electron chi connectivity index (χ2n) is 6.19. The zero-order chi connectivity index (χ0) is 17.1. The van der Waals surface area contributed by atoms with Gasteiger partial charge in [-0.05, 0) is 28.8 Å². The van der Waals surface area contributed by atoms with Gasteiger partial charge in [-0.3, -0.25) is 14.7 Å². The number of carbonyl (C=O) groups is 1. The van der Waals surface area contributed by atoms with E-state index >= 15 is 0 Å². The van der Waals surface area contributed by atoms with Crippen LogP contribution >= 0.6 is 0 Å². The molecule has 0 saturated carbocycles. The lowest BCUT2D eigenvalue weighted by Gasteiger charge is -2.22. The van der Waals surface area contributed by atoms with Crippen molar-refractivity contribution in [1.29, 1.82) is 0 Å². The van der Waals surface area contributed by atoms with Crippen molar-refractivity contribution in [3.8, 4) is 11.1 Å². The van der Waals surface area contributed by atoms with Crippen LogP contribution in [0.15, 0.2) is 79.0 Å². The smallest absolute Gasteiger partial charge is 0.235 e. The minimum absolute atomic E-state index is 0.0385. The Morgan fingerprint density at radius 1 is 0.920 bits per heavy atom. The van der Waals surface area contributed by atoms with E-state index in [1.54, 1.807) is 6.20 Å². The van der Waals surface area contributed by atoms with Crippen LogP contribution in [-0.2, 0) is 11.3 Å². The number of aromatic nitrogens is 1. The lowest BCUT2D eigenvalue weighted by atomic mass is 10.0. The summed E-state index contributed by atoms with van der Waals surface area (Å²) in [5, 5.41) is 3.00. The molecule has 0 bridgehead atoms. The van der Waals surface area contributed by atoms with Crippen molar-refractivity contribution in [2.75, 3.05) is 6.54 Å². The molecule has 0 unspecified atom stereocenters. The molecule has 124 valence electrons. The number of hydrogen-bond donors (Lipinski definition) is 1. The number of rotatable bonds is 4. The molecule has 1 saturated heterocycles. The lowest BCUT2D eigenvalue weighted by Crippen LogP contribution is -2.28. The molecule has 4 rings (SSSR count). The van der Waals surface area contributed by atoms with Crippen LogP contribution in [0.2, 0.25) is 0 Å². The average Bonchev–Trinajstić information content (AvgIpc) is 3.04. The van der Waals surface area contributed by atoms with E-state index < -0.39 is 0 Å². The first-order valence-electron chi connectivity index (χ1n) is 8.38. The molecule has 1 aromatic heterocycles. The molecular weight excluding hydrogens is 310 g/mol. The first-order chi connectivity index (χ1) is 12.3. The van der Waals surface area contributed by atoms with Gasteiger partial charge >= 0.3 is 0 Å². The fraction of sp³-hybridized carbons (Fsp3) is 0.143. The minimum Gasteiger partial charge on any atom is -0.334 e. The quantitative estimate of drug-likeness (QED) is 0.798. The molecule has 3 aromatic rings. The van der Waals surface area contributed by atoms with Crippen molar-refractivity contribution >= 4 is 5.91 Å². The summed E-state index contributed by atoms with van der Waals surface area (Å²) in [4.78, 5) is 18.4. The van der Waals surface area contributed by atoms with Crippen LogP contribution in [0.5, 0.6) is 0 Å². The number of hydrogen-bond acceptors (Lipinski definition) is 3. The minimum atomic E-state index is -0.164. The van der Waals surface area contributed by atoms with E-state index in [0.717, 1.165) is 5.69 Å². The summed E-state index contributed by atoms with van der Waals surface area (Å²) in [6, 6.07) is 24.6. The summed E-state index contributed by atoms with van der Waals surface area (Å²) >= 11 is 0. The molecule has 1 aliphatic rings. The molecule has 1 N–H and O–H groups in total. The summed E-state index contributed by atoms with van der Waals surface area (Å²) in [6.45, 7) is 1.09. The third kappa shape index (κ3) is 3.44. The van der Waals surface area contributed by atoms with Crippen molar-refractivity contribution in [3.05, 3.63) is 90.3 Å². The Balaban J connectivity index is 1.52. The maximum atomic E-state index is 11.9. The van der Waals surface area contributed by atoms with Gasteiger partial charge < -0.3 is 5.32 Å². The first-order valence-corrected chi connectivity index (χ1v) is 8.38. The average molecular weight is 329 g/mol. The Kier molecular flexibility index (Phi) is 4.27. The maximum Gasteiger partial charge on any atom is 0.235 e. The lowest BCUT2D eigenvalue weighted by molar-refractivity contribution is -0.118. The van der Waals surface area contributed by atoms with Crippen molar-refractivity contribution < 1.29 is 4.79 Å². The van der Waals surface area contributed by atoms with Crippen LogP contribution in [0.4, 0.5) is 0 Å². The molecule has 0 radical (unpaired) electrons. The van der Waals surface area contributed by atoms with E-state index in [0.29, 0.717) is 13.1 Å². The Hall–Kier alpha value is -2.98. The molecule has 4 nitrogen and oxygen atoms in total. The number of nitrogens with one attached hydrogen (secondary N) is 1. The molecule has 1 aliphatic heterocycles. The Morgan fingerprint density at radius 2 is 1.64 bits per heavy atom. The van der Waals surface area contributed by atoms with Gasteiger partial charge in [-0.2, -0.15) is 0 Å². The largest absolute Gasteiger partial charge is 0.334 e. The summed E-state index contributed by atoms with van der Waals surface area (Å²) < 4.78 is 0. The highest BCUT2D eigenvalue weighted by Gasteiger charge is 2.31. The third-order valence-corrected chi connectivity index (χ3v) is 4.42. The zero-order valence-electron chi connectivity index (χ0n) is 13.8. The van der Waals surface area contributed by atoms with Gasteiger partial charge in [0, 0.05) is 12.7 Å². The van der Waals surface area contributed by atoms with E-state index in [1.165, 1.54) is 16.7 Å². The molecule has 2 aromatic carbocycles. The van der Waals surface area contributed by atoms with E-state index in [1.807, 2.05) is 36.4 Å². The van der Waals surface area contributed by atoms with E-state index in [4.69, 9.17) is 0 Å². The molecule has 1 fully saturated rings. The summed E-state index contributed by atoms with van der Waals surface area (Å²) in [5.74, 6) is 0.0385. The Morgan fingerprint density at radius 3 is 2.36 bits per heavy atom. The van der Waals surface area contributed by atoms with Crippen LogP contribution in [-0.4, -0.2) is 22.3 Å². The fourth-order valence-electron chi connectivity index (χ4n) is 3.18. The van der Waals surface area contributed by atoms with E-state index in [9.17, 15) is 4.79 Å². The predicted molar refractivity (Wildman–Crippen MR) is 97.4 cm³/mol. The number of nitrogens with zero attached hydrogens (tertiary/aromatic N) is 2. The standard InChI is InChI=1S/C21H19N3O/c25-20-15-24(21(23-20)19-8-4-5-13-22-19)14-16-9-11-18(12-10-16)17-6-2-1-3-7-17/h1-13,21H,14-15H2,(H,23,25)/t21-/m0/s1. The van der Waals surface area contributed by atoms with E-state index in [2.05, 4.69) is 51.6 Å². The summed E-state index contributed by atoms with van der Waals surface area (Å²) in [7, 11) is 0. The van der Waals surface area contributed by atoms with Crippen LogP contribution in [0.1, 0.15) is 17.4 Å². The Bertz CT molecular complexity index is 847. The normalized spacial score (nSPS) is 17.4. The monoisotopic (exact) mass is 329 g/mol. The Labute approximate surface area is 147 Å². The van der Waals surface area contributed by atoms with Crippen LogP contribution in [0, 0.1) is 0 Å². The number of pyridine rings is 1. The molecule has 0 spiro atoms. The van der Waals surface area contributed by atoms with Crippen LogP contribution in [0.25, 0.3) is 11.1 Å². The molecule has 2 heterocycles. The fourth-order valence-corrected chi connectivity index (χ4v) is 3.18. The number of carbonyl (C=O) groups excluding carboxylic acids is 1. The third-order valence-electron chi connectivity index (χ3n) is 4.42. The zero-order valence-corrected chi connectivity index (χ0v) is 13.8. The van der Waals surface area contributed by atoms with Crippen molar-refractivity contribution in [2.24, 2.45) is 0 Å². The SMILES string of the molecule is O=C1CN(Cc2ccc(-c3ccccc3)cc2)[C@@H](c2ccccn2)N1. The second kappa shape index (κ2) is 6.87. The molecule has 25 heavy (non-hydrogen) atoms. The highest BCUT2D eigenvalue weighted by atomic mass is 16.2. The topological polar surface area (TPSA) is 45.2 Å².